The molecule has 1 amide bonds. The third kappa shape index (κ3) is 2.83. The summed E-state index contributed by atoms with van der Waals surface area (Å²) in [4.78, 5) is 13.2. The molecule has 2 saturated carbocycles. The summed E-state index contributed by atoms with van der Waals surface area (Å²) in [5.41, 5.74) is 6.37. The highest BCUT2D eigenvalue weighted by molar-refractivity contribution is 7.10. The number of hydrogen-bond donors (Lipinski definition) is 2. The van der Waals surface area contributed by atoms with Gasteiger partial charge in [-0.1, -0.05) is 11.8 Å². The Morgan fingerprint density at radius 2 is 2.21 bits per heavy atom. The van der Waals surface area contributed by atoms with Gasteiger partial charge in [0.1, 0.15) is 0 Å². The third-order valence-electron chi connectivity index (χ3n) is 4.11. The fourth-order valence-corrected chi connectivity index (χ4v) is 3.75. The molecule has 100 valence electrons. The molecular weight excluding hydrogens is 256 g/mol. The fourth-order valence-electron chi connectivity index (χ4n) is 2.98. The predicted octanol–water partition coefficient (Wildman–Crippen LogP) is 1.72. The van der Waals surface area contributed by atoms with Gasteiger partial charge < -0.3 is 11.1 Å². The summed E-state index contributed by atoms with van der Waals surface area (Å²) >= 11 is 1.64. The average Bonchev–Trinajstić information content (AvgIpc) is 2.86. The summed E-state index contributed by atoms with van der Waals surface area (Å²) in [5.74, 6) is 8.08. The van der Waals surface area contributed by atoms with Gasteiger partial charge in [0.25, 0.3) is 0 Å². The molecule has 1 heterocycles. The summed E-state index contributed by atoms with van der Waals surface area (Å²) in [6.07, 6.45) is 3.55. The molecule has 0 bridgehead atoms. The lowest BCUT2D eigenvalue weighted by Gasteiger charge is -2.11. The van der Waals surface area contributed by atoms with Crippen molar-refractivity contribution in [2.24, 2.45) is 23.5 Å². The van der Waals surface area contributed by atoms with E-state index in [1.54, 1.807) is 11.3 Å². The first kappa shape index (κ1) is 12.7. The van der Waals surface area contributed by atoms with E-state index in [1.807, 2.05) is 11.4 Å². The van der Waals surface area contributed by atoms with Crippen molar-refractivity contribution in [1.82, 2.24) is 5.32 Å². The van der Waals surface area contributed by atoms with Crippen LogP contribution in [0.2, 0.25) is 0 Å². The first-order valence-electron chi connectivity index (χ1n) is 6.81. The zero-order valence-electron chi connectivity index (χ0n) is 10.8. The number of hydrogen-bond acceptors (Lipinski definition) is 3. The van der Waals surface area contributed by atoms with Crippen LogP contribution < -0.4 is 11.1 Å². The first-order valence-corrected chi connectivity index (χ1v) is 7.69. The molecule has 0 spiro atoms. The van der Waals surface area contributed by atoms with E-state index in [2.05, 4.69) is 17.2 Å². The van der Waals surface area contributed by atoms with Crippen molar-refractivity contribution in [1.29, 1.82) is 0 Å². The minimum Gasteiger partial charge on any atom is -0.351 e. The van der Waals surface area contributed by atoms with Crippen LogP contribution in [0.1, 0.15) is 29.7 Å². The van der Waals surface area contributed by atoms with Crippen molar-refractivity contribution < 1.29 is 4.79 Å². The van der Waals surface area contributed by atoms with Crippen LogP contribution in [0.25, 0.3) is 0 Å². The van der Waals surface area contributed by atoms with E-state index in [9.17, 15) is 4.79 Å². The van der Waals surface area contributed by atoms with Crippen molar-refractivity contribution in [2.45, 2.75) is 25.8 Å². The van der Waals surface area contributed by atoms with E-state index in [0.29, 0.717) is 13.1 Å². The summed E-state index contributed by atoms with van der Waals surface area (Å²) in [6, 6.07) is 1.99. The first-order chi connectivity index (χ1) is 9.28. The van der Waals surface area contributed by atoms with Gasteiger partial charge in [0, 0.05) is 16.4 Å². The largest absolute Gasteiger partial charge is 0.351 e. The molecule has 2 unspecified atom stereocenters. The molecule has 0 saturated heterocycles. The fraction of sp³-hybridized carbons (Fsp3) is 0.533. The SMILES string of the molecule is NCC#Cc1ccsc1CNC(=O)C1CC2CC2C1. The molecule has 2 atom stereocenters. The summed E-state index contributed by atoms with van der Waals surface area (Å²) in [7, 11) is 0. The second-order valence-electron chi connectivity index (χ2n) is 5.41. The van der Waals surface area contributed by atoms with Gasteiger partial charge in [-0.3, -0.25) is 4.79 Å². The second-order valence-corrected chi connectivity index (χ2v) is 6.41. The van der Waals surface area contributed by atoms with Crippen LogP contribution in [0.15, 0.2) is 11.4 Å². The molecular formula is C15H18N2OS. The predicted molar refractivity (Wildman–Crippen MR) is 76.4 cm³/mol. The number of carbonyl (C=O) groups excluding carboxylic acids is 1. The monoisotopic (exact) mass is 274 g/mol. The number of nitrogens with one attached hydrogen (secondary N) is 1. The molecule has 0 aliphatic heterocycles. The van der Waals surface area contributed by atoms with Crippen LogP contribution in [-0.4, -0.2) is 12.5 Å². The van der Waals surface area contributed by atoms with E-state index in [-0.39, 0.29) is 11.8 Å². The molecule has 3 nitrogen and oxygen atoms in total. The average molecular weight is 274 g/mol. The Hall–Kier alpha value is -1.31. The number of carbonyl (C=O) groups is 1. The van der Waals surface area contributed by atoms with Gasteiger partial charge in [-0.15, -0.1) is 11.3 Å². The molecule has 0 radical (unpaired) electrons. The summed E-state index contributed by atoms with van der Waals surface area (Å²) in [5, 5.41) is 5.06. The van der Waals surface area contributed by atoms with Crippen LogP contribution in [0.5, 0.6) is 0 Å². The molecule has 3 N–H and O–H groups in total. The molecule has 2 aliphatic rings. The smallest absolute Gasteiger partial charge is 0.223 e. The van der Waals surface area contributed by atoms with Crippen LogP contribution in [0.4, 0.5) is 0 Å². The molecule has 0 aromatic carbocycles. The Morgan fingerprint density at radius 3 is 2.95 bits per heavy atom. The van der Waals surface area contributed by atoms with Gasteiger partial charge in [0.05, 0.1) is 13.1 Å². The van der Waals surface area contributed by atoms with Crippen molar-refractivity contribution >= 4 is 17.2 Å². The number of thiophene rings is 1. The maximum absolute atomic E-state index is 12.1. The van der Waals surface area contributed by atoms with E-state index < -0.39 is 0 Å². The molecule has 1 aromatic rings. The van der Waals surface area contributed by atoms with Crippen molar-refractivity contribution in [3.63, 3.8) is 0 Å². The lowest BCUT2D eigenvalue weighted by molar-refractivity contribution is -0.125. The third-order valence-corrected chi connectivity index (χ3v) is 5.03. The maximum Gasteiger partial charge on any atom is 0.223 e. The van der Waals surface area contributed by atoms with Crippen LogP contribution in [-0.2, 0) is 11.3 Å². The lowest BCUT2D eigenvalue weighted by atomic mass is 10.0. The van der Waals surface area contributed by atoms with Gasteiger partial charge in [0.2, 0.25) is 5.91 Å². The van der Waals surface area contributed by atoms with Gasteiger partial charge in [-0.2, -0.15) is 0 Å². The molecule has 19 heavy (non-hydrogen) atoms. The normalized spacial score (nSPS) is 27.3. The second kappa shape index (κ2) is 5.36. The molecule has 4 heteroatoms. The minimum atomic E-state index is 0.221. The standard InChI is InChI=1S/C15H18N2OS/c16-4-1-2-10-3-5-19-14(10)9-17-15(18)13-7-11-6-12(11)8-13/h3,5,11-13H,4,6-9,16H2,(H,17,18). The minimum absolute atomic E-state index is 0.221. The molecule has 2 aliphatic carbocycles. The number of amides is 1. The van der Waals surface area contributed by atoms with E-state index in [1.165, 1.54) is 6.42 Å². The Morgan fingerprint density at radius 1 is 1.42 bits per heavy atom. The van der Waals surface area contributed by atoms with Crippen LogP contribution in [0.3, 0.4) is 0 Å². The Bertz CT molecular complexity index is 530. The van der Waals surface area contributed by atoms with Crippen molar-refractivity contribution in [2.75, 3.05) is 6.54 Å². The number of nitrogens with two attached hydrogens (primary N) is 1. The highest BCUT2D eigenvalue weighted by Crippen LogP contribution is 2.54. The topological polar surface area (TPSA) is 55.1 Å². The van der Waals surface area contributed by atoms with Gasteiger partial charge >= 0.3 is 0 Å². The van der Waals surface area contributed by atoms with E-state index >= 15 is 0 Å². The van der Waals surface area contributed by atoms with Crippen molar-refractivity contribution in [3.05, 3.63) is 21.9 Å². The zero-order valence-corrected chi connectivity index (χ0v) is 11.6. The quantitative estimate of drug-likeness (QED) is 0.825. The van der Waals surface area contributed by atoms with E-state index in [0.717, 1.165) is 35.1 Å². The van der Waals surface area contributed by atoms with Gasteiger partial charge in [-0.25, -0.2) is 0 Å². The Balaban J connectivity index is 1.54. The summed E-state index contributed by atoms with van der Waals surface area (Å²) < 4.78 is 0. The van der Waals surface area contributed by atoms with Gasteiger partial charge in [-0.05, 0) is 42.5 Å². The van der Waals surface area contributed by atoms with Crippen LogP contribution in [0, 0.1) is 29.6 Å². The van der Waals surface area contributed by atoms with Crippen molar-refractivity contribution in [3.8, 4) is 11.8 Å². The molecule has 2 fully saturated rings. The maximum atomic E-state index is 12.1. The highest BCUT2D eigenvalue weighted by atomic mass is 32.1. The molecule has 1 aromatic heterocycles. The van der Waals surface area contributed by atoms with Crippen LogP contribution >= 0.6 is 11.3 Å². The Kier molecular flexibility index (Phi) is 3.58. The number of rotatable bonds is 3. The summed E-state index contributed by atoms with van der Waals surface area (Å²) in [6.45, 7) is 0.962. The van der Waals surface area contributed by atoms with Gasteiger partial charge in [0.15, 0.2) is 0 Å². The van der Waals surface area contributed by atoms with E-state index in [4.69, 9.17) is 5.73 Å². The molecule has 3 rings (SSSR count). The lowest BCUT2D eigenvalue weighted by Crippen LogP contribution is -2.29. The highest BCUT2D eigenvalue weighted by Gasteiger charge is 2.47. The number of fused-ring (bicyclic) bond motifs is 1. The zero-order chi connectivity index (χ0) is 13.2. The Labute approximate surface area is 117 Å².